The maximum Gasteiger partial charge on any atom is 0.0543 e. The number of aromatic nitrogens is 1. The third-order valence-electron chi connectivity index (χ3n) is 10.4. The molecule has 5 aliphatic rings. The van der Waals surface area contributed by atoms with Crippen LogP contribution in [0.4, 0.5) is 0 Å². The van der Waals surface area contributed by atoms with Crippen molar-refractivity contribution in [2.45, 2.75) is 37.5 Å². The van der Waals surface area contributed by atoms with Crippen molar-refractivity contribution >= 4 is 33.4 Å². The van der Waals surface area contributed by atoms with Gasteiger partial charge < -0.3 is 4.57 Å². The lowest BCUT2D eigenvalue weighted by Crippen LogP contribution is -2.55. The van der Waals surface area contributed by atoms with Gasteiger partial charge in [-0.25, -0.2) is 0 Å². The SMILES string of the molecule is Clc1ccc2c(c1)c1ccccc1n2-c1cccc2c1-c1ccccc1C21C2CC3CC(C2)CC1C3. The average Bonchev–Trinajstić information content (AvgIpc) is 3.38. The van der Waals surface area contributed by atoms with Gasteiger partial charge in [-0.15, -0.1) is 0 Å². The van der Waals surface area contributed by atoms with Crippen LogP contribution in [0.1, 0.15) is 43.2 Å². The molecule has 0 saturated heterocycles. The summed E-state index contributed by atoms with van der Waals surface area (Å²) in [7, 11) is 0. The molecule has 0 unspecified atom stereocenters. The molecule has 5 aliphatic carbocycles. The Labute approximate surface area is 216 Å². The van der Waals surface area contributed by atoms with E-state index < -0.39 is 0 Å². The second-order valence-corrected chi connectivity index (χ2v) is 12.4. The zero-order valence-electron chi connectivity index (χ0n) is 20.3. The summed E-state index contributed by atoms with van der Waals surface area (Å²) < 4.78 is 2.51. The summed E-state index contributed by atoms with van der Waals surface area (Å²) in [6.07, 6.45) is 7.15. The summed E-state index contributed by atoms with van der Waals surface area (Å²) in [5.74, 6) is 3.48. The minimum Gasteiger partial charge on any atom is -0.309 e. The summed E-state index contributed by atoms with van der Waals surface area (Å²) in [4.78, 5) is 0. The monoisotopic (exact) mass is 485 g/mol. The van der Waals surface area contributed by atoms with E-state index in [1.54, 1.807) is 11.1 Å². The number of benzene rings is 4. The maximum atomic E-state index is 6.49. The molecule has 10 rings (SSSR count). The van der Waals surface area contributed by atoms with Gasteiger partial charge in [0.25, 0.3) is 0 Å². The first kappa shape index (κ1) is 20.1. The molecule has 4 bridgehead atoms. The normalized spacial score (nSPS) is 29.4. The molecule has 1 heterocycles. The highest BCUT2D eigenvalue weighted by Crippen LogP contribution is 2.69. The van der Waals surface area contributed by atoms with Crippen molar-refractivity contribution in [2.75, 3.05) is 0 Å². The number of nitrogens with zero attached hydrogens (tertiary/aromatic N) is 1. The lowest BCUT2D eigenvalue weighted by molar-refractivity contribution is -0.0399. The Hall–Kier alpha value is -3.03. The van der Waals surface area contributed by atoms with Crippen LogP contribution in [0.5, 0.6) is 0 Å². The van der Waals surface area contributed by atoms with Gasteiger partial charge in [0.05, 0.1) is 16.7 Å². The summed E-state index contributed by atoms with van der Waals surface area (Å²) in [5, 5.41) is 3.29. The Bertz CT molecular complexity index is 1690. The molecule has 5 aromatic rings. The molecule has 176 valence electrons. The molecular formula is C34H28ClN. The zero-order chi connectivity index (χ0) is 23.6. The topological polar surface area (TPSA) is 4.93 Å². The highest BCUT2D eigenvalue weighted by Gasteiger charge is 2.61. The maximum absolute atomic E-state index is 6.49. The van der Waals surface area contributed by atoms with Gasteiger partial charge in [0.2, 0.25) is 0 Å². The number of fused-ring (bicyclic) bond motifs is 6. The Balaban J connectivity index is 1.40. The van der Waals surface area contributed by atoms with Gasteiger partial charge in [0, 0.05) is 26.8 Å². The van der Waals surface area contributed by atoms with E-state index in [0.717, 1.165) is 28.7 Å². The van der Waals surface area contributed by atoms with Crippen LogP contribution in [-0.4, -0.2) is 4.57 Å². The first-order valence-electron chi connectivity index (χ1n) is 13.7. The van der Waals surface area contributed by atoms with Gasteiger partial charge in [0.15, 0.2) is 0 Å². The fourth-order valence-electron chi connectivity index (χ4n) is 9.57. The summed E-state index contributed by atoms with van der Waals surface area (Å²) in [6.45, 7) is 0. The molecule has 36 heavy (non-hydrogen) atoms. The van der Waals surface area contributed by atoms with Gasteiger partial charge in [0.1, 0.15) is 0 Å². The van der Waals surface area contributed by atoms with Crippen molar-refractivity contribution in [3.05, 3.63) is 101 Å². The fraction of sp³-hybridized carbons (Fsp3) is 0.294. The number of rotatable bonds is 1. The smallest absolute Gasteiger partial charge is 0.0543 e. The van der Waals surface area contributed by atoms with Crippen LogP contribution < -0.4 is 0 Å². The molecule has 4 aromatic carbocycles. The lowest BCUT2D eigenvalue weighted by atomic mass is 9.43. The quantitative estimate of drug-likeness (QED) is 0.223. The largest absolute Gasteiger partial charge is 0.309 e. The van der Waals surface area contributed by atoms with Crippen LogP contribution >= 0.6 is 11.6 Å². The van der Waals surface area contributed by atoms with E-state index in [2.05, 4.69) is 83.4 Å². The van der Waals surface area contributed by atoms with E-state index in [1.807, 2.05) is 6.07 Å². The molecular weight excluding hydrogens is 458 g/mol. The number of halogens is 1. The third kappa shape index (κ3) is 2.30. The second-order valence-electron chi connectivity index (χ2n) is 11.9. The lowest BCUT2D eigenvalue weighted by Gasteiger charge is -2.61. The molecule has 0 aliphatic heterocycles. The van der Waals surface area contributed by atoms with E-state index in [1.165, 1.54) is 70.7 Å². The standard InChI is InChI=1S/C34H28ClN/c35-24-12-13-31-27(19-24)25-6-2-4-10-30(25)36(31)32-11-5-9-29-33(32)26-7-1-3-8-28(26)34(29)22-15-20-14-21(17-22)18-23(34)16-20/h1-13,19-23H,14-18H2. The van der Waals surface area contributed by atoms with E-state index >= 15 is 0 Å². The zero-order valence-corrected chi connectivity index (χ0v) is 21.0. The molecule has 1 aromatic heterocycles. The molecule has 4 saturated carbocycles. The van der Waals surface area contributed by atoms with E-state index in [9.17, 15) is 0 Å². The first-order valence-corrected chi connectivity index (χ1v) is 14.0. The van der Waals surface area contributed by atoms with Crippen molar-refractivity contribution in [3.63, 3.8) is 0 Å². The number of hydrogen-bond donors (Lipinski definition) is 0. The molecule has 1 spiro atoms. The van der Waals surface area contributed by atoms with Crippen LogP contribution in [0, 0.1) is 23.7 Å². The number of para-hydroxylation sites is 1. The van der Waals surface area contributed by atoms with Crippen LogP contribution in [0.15, 0.2) is 84.9 Å². The highest BCUT2D eigenvalue weighted by atomic mass is 35.5. The van der Waals surface area contributed by atoms with Gasteiger partial charge >= 0.3 is 0 Å². The Morgan fingerprint density at radius 2 is 1.33 bits per heavy atom. The molecule has 4 fully saturated rings. The second kappa shape index (κ2) is 6.84. The van der Waals surface area contributed by atoms with Crippen molar-refractivity contribution in [3.8, 4) is 16.8 Å². The molecule has 0 atom stereocenters. The Kier molecular flexibility index (Phi) is 3.81. The molecule has 0 radical (unpaired) electrons. The van der Waals surface area contributed by atoms with Crippen LogP contribution in [-0.2, 0) is 5.41 Å². The molecule has 1 nitrogen and oxygen atoms in total. The van der Waals surface area contributed by atoms with Crippen molar-refractivity contribution in [2.24, 2.45) is 23.7 Å². The highest BCUT2D eigenvalue weighted by molar-refractivity contribution is 6.32. The van der Waals surface area contributed by atoms with Crippen LogP contribution in [0.2, 0.25) is 5.02 Å². The predicted molar refractivity (Wildman–Crippen MR) is 149 cm³/mol. The van der Waals surface area contributed by atoms with Crippen LogP contribution in [0.25, 0.3) is 38.6 Å². The van der Waals surface area contributed by atoms with Crippen molar-refractivity contribution in [1.82, 2.24) is 4.57 Å². The minimum atomic E-state index is 0.192. The average molecular weight is 486 g/mol. The first-order chi connectivity index (χ1) is 17.7. The van der Waals surface area contributed by atoms with E-state index in [0.29, 0.717) is 0 Å². The summed E-state index contributed by atoms with van der Waals surface area (Å²) >= 11 is 6.49. The van der Waals surface area contributed by atoms with Gasteiger partial charge in [-0.1, -0.05) is 66.2 Å². The van der Waals surface area contributed by atoms with Gasteiger partial charge in [-0.2, -0.15) is 0 Å². The fourth-order valence-corrected chi connectivity index (χ4v) is 9.75. The summed E-state index contributed by atoms with van der Waals surface area (Å²) in [6, 6.07) is 31.8. The Morgan fingerprint density at radius 3 is 2.17 bits per heavy atom. The summed E-state index contributed by atoms with van der Waals surface area (Å²) in [5.41, 5.74) is 10.2. The van der Waals surface area contributed by atoms with Crippen LogP contribution in [0.3, 0.4) is 0 Å². The Morgan fingerprint density at radius 1 is 0.639 bits per heavy atom. The van der Waals surface area contributed by atoms with E-state index in [4.69, 9.17) is 11.6 Å². The molecule has 0 amide bonds. The molecule has 2 heteroatoms. The third-order valence-corrected chi connectivity index (χ3v) is 10.7. The van der Waals surface area contributed by atoms with Crippen molar-refractivity contribution < 1.29 is 0 Å². The molecule has 0 N–H and O–H groups in total. The van der Waals surface area contributed by atoms with Crippen molar-refractivity contribution in [1.29, 1.82) is 0 Å². The van der Waals surface area contributed by atoms with Gasteiger partial charge in [-0.3, -0.25) is 0 Å². The minimum absolute atomic E-state index is 0.192. The van der Waals surface area contributed by atoms with Gasteiger partial charge in [-0.05, 0) is 103 Å². The van der Waals surface area contributed by atoms with E-state index in [-0.39, 0.29) is 5.41 Å². The number of hydrogen-bond acceptors (Lipinski definition) is 0. The predicted octanol–water partition coefficient (Wildman–Crippen LogP) is 9.16.